The van der Waals surface area contributed by atoms with Gasteiger partial charge in [0.2, 0.25) is 0 Å². The van der Waals surface area contributed by atoms with Crippen LogP contribution in [0.15, 0.2) is 24.3 Å². The molecule has 0 aromatic rings. The van der Waals surface area contributed by atoms with E-state index in [-0.39, 0.29) is 41.0 Å². The summed E-state index contributed by atoms with van der Waals surface area (Å²) in [4.78, 5) is 23.6. The maximum absolute atomic E-state index is 11.8. The van der Waals surface area contributed by atoms with E-state index in [0.29, 0.717) is 5.57 Å². The molecule has 0 amide bonds. The van der Waals surface area contributed by atoms with Crippen molar-refractivity contribution in [2.24, 2.45) is 23.2 Å². The molecule has 0 spiro atoms. The number of ether oxygens (including phenoxy) is 1. The van der Waals surface area contributed by atoms with Crippen molar-refractivity contribution in [1.82, 2.24) is 0 Å². The first-order valence-electron chi connectivity index (χ1n) is 6.57. The molecule has 1 saturated heterocycles. The number of allylic oxidation sites excluding steroid dienone is 2. The van der Waals surface area contributed by atoms with Gasteiger partial charge in [-0.15, -0.1) is 0 Å². The van der Waals surface area contributed by atoms with Crippen LogP contribution >= 0.6 is 0 Å². The monoisotopic (exact) mass is 246 g/mol. The van der Waals surface area contributed by atoms with Crippen LogP contribution in [0.25, 0.3) is 0 Å². The van der Waals surface area contributed by atoms with Crippen LogP contribution in [0.3, 0.4) is 0 Å². The summed E-state index contributed by atoms with van der Waals surface area (Å²) < 4.78 is 5.55. The van der Waals surface area contributed by atoms with Gasteiger partial charge in [-0.25, -0.2) is 0 Å². The van der Waals surface area contributed by atoms with Crippen LogP contribution in [0.5, 0.6) is 0 Å². The highest BCUT2D eigenvalue weighted by Gasteiger charge is 2.56. The average molecular weight is 246 g/mol. The Hall–Kier alpha value is -1.38. The average Bonchev–Trinajstić information content (AvgIpc) is 2.60. The molecular formula is C15H18O3. The third kappa shape index (κ3) is 1.36. The van der Waals surface area contributed by atoms with Crippen molar-refractivity contribution >= 4 is 11.8 Å². The van der Waals surface area contributed by atoms with Crippen molar-refractivity contribution < 1.29 is 14.3 Å². The standard InChI is InChI=1S/C15H18O3/c1-8-10-4-6-15(3)7-5-11(16)9(2)12(15)13(10)18-14(8)17/h5,7-8,10,12-13H,2,4,6H2,1,3H3/t8-,10-,12?,13-,15-/m0/s1. The highest BCUT2D eigenvalue weighted by Crippen LogP contribution is 2.54. The molecule has 3 nitrogen and oxygen atoms in total. The molecule has 2 aliphatic carbocycles. The van der Waals surface area contributed by atoms with E-state index in [9.17, 15) is 9.59 Å². The van der Waals surface area contributed by atoms with Crippen LogP contribution in [0.2, 0.25) is 0 Å². The van der Waals surface area contributed by atoms with Crippen LogP contribution in [0.1, 0.15) is 26.7 Å². The summed E-state index contributed by atoms with van der Waals surface area (Å²) in [6.07, 6.45) is 5.42. The van der Waals surface area contributed by atoms with Gasteiger partial charge in [-0.2, -0.15) is 0 Å². The lowest BCUT2D eigenvalue weighted by Gasteiger charge is -2.47. The predicted molar refractivity (Wildman–Crippen MR) is 66.7 cm³/mol. The first kappa shape index (κ1) is 11.7. The van der Waals surface area contributed by atoms with Crippen LogP contribution < -0.4 is 0 Å². The number of carbonyl (C=O) groups is 2. The van der Waals surface area contributed by atoms with Crippen LogP contribution in [-0.4, -0.2) is 17.9 Å². The molecule has 1 unspecified atom stereocenters. The molecule has 2 fully saturated rings. The Balaban J connectivity index is 2.03. The Morgan fingerprint density at radius 3 is 2.89 bits per heavy atom. The van der Waals surface area contributed by atoms with Crippen LogP contribution in [0, 0.1) is 23.2 Å². The van der Waals surface area contributed by atoms with Gasteiger partial charge in [0.05, 0.1) is 5.92 Å². The van der Waals surface area contributed by atoms with Gasteiger partial charge in [0.15, 0.2) is 5.78 Å². The molecule has 3 rings (SSSR count). The summed E-state index contributed by atoms with van der Waals surface area (Å²) in [6.45, 7) is 8.01. The van der Waals surface area contributed by atoms with E-state index >= 15 is 0 Å². The van der Waals surface area contributed by atoms with Crippen molar-refractivity contribution in [2.45, 2.75) is 32.8 Å². The fourth-order valence-corrected chi connectivity index (χ4v) is 3.84. The second-order valence-corrected chi connectivity index (χ2v) is 6.10. The largest absolute Gasteiger partial charge is 0.461 e. The van der Waals surface area contributed by atoms with Crippen molar-refractivity contribution in [3.63, 3.8) is 0 Å². The maximum Gasteiger partial charge on any atom is 0.309 e. The van der Waals surface area contributed by atoms with Crippen molar-refractivity contribution in [3.05, 3.63) is 24.3 Å². The van der Waals surface area contributed by atoms with Gasteiger partial charge in [0.25, 0.3) is 0 Å². The Kier molecular flexibility index (Phi) is 2.31. The molecule has 0 aromatic carbocycles. The molecule has 1 saturated carbocycles. The maximum atomic E-state index is 11.8. The minimum atomic E-state index is -0.160. The molecule has 3 aliphatic rings. The zero-order valence-electron chi connectivity index (χ0n) is 10.8. The van der Waals surface area contributed by atoms with Crippen molar-refractivity contribution in [1.29, 1.82) is 0 Å². The van der Waals surface area contributed by atoms with E-state index in [2.05, 4.69) is 13.5 Å². The van der Waals surface area contributed by atoms with E-state index in [0.717, 1.165) is 12.8 Å². The summed E-state index contributed by atoms with van der Waals surface area (Å²) in [5.41, 5.74) is 0.521. The topological polar surface area (TPSA) is 43.4 Å². The molecule has 1 aliphatic heterocycles. The van der Waals surface area contributed by atoms with Crippen LogP contribution in [-0.2, 0) is 14.3 Å². The van der Waals surface area contributed by atoms with Gasteiger partial charge in [-0.1, -0.05) is 26.5 Å². The third-order valence-corrected chi connectivity index (χ3v) is 5.05. The fraction of sp³-hybridized carbons (Fsp3) is 0.600. The van der Waals surface area contributed by atoms with Gasteiger partial charge in [0.1, 0.15) is 6.10 Å². The Labute approximate surface area is 107 Å². The van der Waals surface area contributed by atoms with E-state index in [1.807, 2.05) is 13.0 Å². The molecule has 18 heavy (non-hydrogen) atoms. The second kappa shape index (κ2) is 3.56. The smallest absolute Gasteiger partial charge is 0.309 e. The second-order valence-electron chi connectivity index (χ2n) is 6.10. The zero-order chi connectivity index (χ0) is 13.1. The molecule has 0 N–H and O–H groups in total. The van der Waals surface area contributed by atoms with Crippen molar-refractivity contribution in [2.75, 3.05) is 0 Å². The number of hydrogen-bond acceptors (Lipinski definition) is 3. The molecule has 5 atom stereocenters. The van der Waals surface area contributed by atoms with Gasteiger partial charge in [-0.3, -0.25) is 9.59 Å². The van der Waals surface area contributed by atoms with E-state index in [1.54, 1.807) is 6.08 Å². The summed E-state index contributed by atoms with van der Waals surface area (Å²) in [6, 6.07) is 0. The number of esters is 1. The lowest BCUT2D eigenvalue weighted by atomic mass is 9.57. The molecule has 96 valence electrons. The number of rotatable bonds is 0. The molecular weight excluding hydrogens is 228 g/mol. The molecule has 1 heterocycles. The van der Waals surface area contributed by atoms with E-state index in [4.69, 9.17) is 4.74 Å². The minimum absolute atomic E-state index is 0.0197. The van der Waals surface area contributed by atoms with Crippen LogP contribution in [0.4, 0.5) is 0 Å². The number of ketones is 1. The molecule has 0 aromatic heterocycles. The number of fused-ring (bicyclic) bond motifs is 3. The summed E-state index contributed by atoms with van der Waals surface area (Å²) in [5, 5.41) is 0. The van der Waals surface area contributed by atoms with Gasteiger partial charge in [-0.05, 0) is 29.9 Å². The molecule has 3 heteroatoms. The first-order chi connectivity index (χ1) is 8.44. The van der Waals surface area contributed by atoms with Gasteiger partial charge < -0.3 is 4.74 Å². The summed E-state index contributed by atoms with van der Waals surface area (Å²) >= 11 is 0. The SMILES string of the molecule is C=C1C(=O)C=C[C@]2(C)CC[C@H]3[C@H](C)C(=O)O[C@@H]3C12. The normalized spacial score (nSPS) is 46.7. The highest BCUT2D eigenvalue weighted by atomic mass is 16.6. The minimum Gasteiger partial charge on any atom is -0.461 e. The zero-order valence-corrected chi connectivity index (χ0v) is 10.8. The summed E-state index contributed by atoms with van der Waals surface area (Å²) in [7, 11) is 0. The van der Waals surface area contributed by atoms with E-state index < -0.39 is 0 Å². The third-order valence-electron chi connectivity index (χ3n) is 5.05. The Morgan fingerprint density at radius 1 is 1.44 bits per heavy atom. The first-order valence-corrected chi connectivity index (χ1v) is 6.57. The number of hydrogen-bond donors (Lipinski definition) is 0. The molecule has 0 radical (unpaired) electrons. The van der Waals surface area contributed by atoms with E-state index in [1.165, 1.54) is 0 Å². The Bertz CT molecular complexity index is 476. The predicted octanol–water partition coefficient (Wildman–Crippen LogP) is 2.28. The fourth-order valence-electron chi connectivity index (χ4n) is 3.84. The Morgan fingerprint density at radius 2 is 2.17 bits per heavy atom. The highest BCUT2D eigenvalue weighted by molar-refractivity contribution is 6.05. The van der Waals surface area contributed by atoms with Gasteiger partial charge in [0, 0.05) is 11.8 Å². The summed E-state index contributed by atoms with van der Waals surface area (Å²) in [5.74, 6) is 0.0143. The molecule has 0 bridgehead atoms. The van der Waals surface area contributed by atoms with Gasteiger partial charge >= 0.3 is 5.97 Å². The lowest BCUT2D eigenvalue weighted by Crippen LogP contribution is -2.47. The van der Waals surface area contributed by atoms with Crippen molar-refractivity contribution in [3.8, 4) is 0 Å². The lowest BCUT2D eigenvalue weighted by molar-refractivity contribution is -0.147. The quantitative estimate of drug-likeness (QED) is 0.486. The number of carbonyl (C=O) groups excluding carboxylic acids is 2.